The molecule has 1 amide bonds. The highest BCUT2D eigenvalue weighted by molar-refractivity contribution is 14.1. The standard InChI is InChI=1S/C10H10IN3O2/c1-14-6-8(11)9(13-14)10(15)12-5-7-3-2-4-16-7/h2-4,6H,5H2,1H3,(H,12,15). The van der Waals surface area contributed by atoms with Crippen molar-refractivity contribution in [2.45, 2.75) is 6.54 Å². The van der Waals surface area contributed by atoms with Gasteiger partial charge in [0.05, 0.1) is 16.4 Å². The van der Waals surface area contributed by atoms with Crippen LogP contribution in [-0.4, -0.2) is 15.7 Å². The quantitative estimate of drug-likeness (QED) is 0.868. The van der Waals surface area contributed by atoms with Gasteiger partial charge in [0.1, 0.15) is 5.76 Å². The van der Waals surface area contributed by atoms with Gasteiger partial charge in [0, 0.05) is 13.2 Å². The molecule has 0 fully saturated rings. The Kier molecular flexibility index (Phi) is 3.28. The summed E-state index contributed by atoms with van der Waals surface area (Å²) in [6.07, 6.45) is 3.37. The van der Waals surface area contributed by atoms with Crippen molar-refractivity contribution in [2.75, 3.05) is 0 Å². The number of carbonyl (C=O) groups is 1. The van der Waals surface area contributed by atoms with Crippen LogP contribution in [0.15, 0.2) is 29.0 Å². The molecule has 16 heavy (non-hydrogen) atoms. The Morgan fingerprint density at radius 3 is 3.06 bits per heavy atom. The summed E-state index contributed by atoms with van der Waals surface area (Å²) in [7, 11) is 1.78. The molecule has 0 spiro atoms. The Morgan fingerprint density at radius 1 is 1.69 bits per heavy atom. The summed E-state index contributed by atoms with van der Waals surface area (Å²) >= 11 is 2.08. The maximum absolute atomic E-state index is 11.7. The minimum absolute atomic E-state index is 0.193. The predicted octanol–water partition coefficient (Wildman–Crippen LogP) is 1.55. The number of nitrogens with one attached hydrogen (secondary N) is 1. The fraction of sp³-hybridized carbons (Fsp3) is 0.200. The average molecular weight is 331 g/mol. The van der Waals surface area contributed by atoms with Crippen LogP contribution in [0.5, 0.6) is 0 Å². The van der Waals surface area contributed by atoms with Gasteiger partial charge in [-0.15, -0.1) is 0 Å². The molecule has 0 radical (unpaired) electrons. The van der Waals surface area contributed by atoms with Crippen molar-refractivity contribution in [3.05, 3.63) is 39.6 Å². The van der Waals surface area contributed by atoms with Gasteiger partial charge in [0.15, 0.2) is 5.69 Å². The van der Waals surface area contributed by atoms with E-state index in [1.165, 1.54) is 0 Å². The number of halogens is 1. The van der Waals surface area contributed by atoms with Crippen LogP contribution in [-0.2, 0) is 13.6 Å². The summed E-state index contributed by atoms with van der Waals surface area (Å²) in [5, 5.41) is 6.82. The van der Waals surface area contributed by atoms with Crippen molar-refractivity contribution < 1.29 is 9.21 Å². The summed E-state index contributed by atoms with van der Waals surface area (Å²) < 4.78 is 7.56. The summed E-state index contributed by atoms with van der Waals surface area (Å²) in [4.78, 5) is 11.7. The molecule has 1 N–H and O–H groups in total. The Labute approximate surface area is 106 Å². The molecule has 6 heteroatoms. The van der Waals surface area contributed by atoms with E-state index < -0.39 is 0 Å². The maximum atomic E-state index is 11.7. The number of hydrogen-bond donors (Lipinski definition) is 1. The summed E-state index contributed by atoms with van der Waals surface area (Å²) in [6, 6.07) is 3.59. The Bertz CT molecular complexity index is 490. The number of aromatic nitrogens is 2. The molecule has 0 aromatic carbocycles. The third kappa shape index (κ3) is 2.43. The van der Waals surface area contributed by atoms with Gasteiger partial charge in [-0.2, -0.15) is 5.10 Å². The van der Waals surface area contributed by atoms with Gasteiger partial charge in [-0.25, -0.2) is 0 Å². The molecule has 0 bridgehead atoms. The van der Waals surface area contributed by atoms with Gasteiger partial charge in [0.2, 0.25) is 0 Å². The molecule has 2 rings (SSSR count). The number of aryl methyl sites for hydroxylation is 1. The van der Waals surface area contributed by atoms with E-state index in [-0.39, 0.29) is 5.91 Å². The van der Waals surface area contributed by atoms with Crippen molar-refractivity contribution in [1.29, 1.82) is 0 Å². The Hall–Kier alpha value is -1.31. The molecule has 0 aliphatic heterocycles. The topological polar surface area (TPSA) is 60.1 Å². The van der Waals surface area contributed by atoms with Crippen LogP contribution in [0, 0.1) is 3.57 Å². The third-order valence-corrected chi connectivity index (χ3v) is 2.79. The largest absolute Gasteiger partial charge is 0.467 e. The van der Waals surface area contributed by atoms with E-state index in [1.807, 2.05) is 6.07 Å². The lowest BCUT2D eigenvalue weighted by molar-refractivity contribution is 0.0941. The predicted molar refractivity (Wildman–Crippen MR) is 65.8 cm³/mol. The molecule has 0 unspecified atom stereocenters. The van der Waals surface area contributed by atoms with Crippen LogP contribution in [0.1, 0.15) is 16.2 Å². The van der Waals surface area contributed by atoms with Gasteiger partial charge in [-0.05, 0) is 34.7 Å². The molecule has 0 saturated heterocycles. The van der Waals surface area contributed by atoms with Crippen molar-refractivity contribution in [3.8, 4) is 0 Å². The molecule has 0 saturated carbocycles. The number of rotatable bonds is 3. The lowest BCUT2D eigenvalue weighted by Gasteiger charge is -2.00. The Morgan fingerprint density at radius 2 is 2.50 bits per heavy atom. The smallest absolute Gasteiger partial charge is 0.273 e. The number of hydrogen-bond acceptors (Lipinski definition) is 3. The SMILES string of the molecule is Cn1cc(I)c(C(=O)NCc2ccco2)n1. The van der Waals surface area contributed by atoms with E-state index >= 15 is 0 Å². The van der Waals surface area contributed by atoms with Crippen LogP contribution < -0.4 is 5.32 Å². The highest BCUT2D eigenvalue weighted by Crippen LogP contribution is 2.09. The van der Waals surface area contributed by atoms with Gasteiger partial charge >= 0.3 is 0 Å². The van der Waals surface area contributed by atoms with E-state index in [9.17, 15) is 4.79 Å². The molecular weight excluding hydrogens is 321 g/mol. The molecule has 5 nitrogen and oxygen atoms in total. The van der Waals surface area contributed by atoms with E-state index in [1.54, 1.807) is 30.3 Å². The molecule has 0 atom stereocenters. The van der Waals surface area contributed by atoms with E-state index in [2.05, 4.69) is 33.0 Å². The second-order valence-corrected chi connectivity index (χ2v) is 4.42. The number of carbonyl (C=O) groups excluding carboxylic acids is 1. The van der Waals surface area contributed by atoms with E-state index in [4.69, 9.17) is 4.42 Å². The Balaban J connectivity index is 2.01. The van der Waals surface area contributed by atoms with Crippen LogP contribution >= 0.6 is 22.6 Å². The first kappa shape index (κ1) is 11.2. The molecule has 0 aliphatic rings. The normalized spacial score (nSPS) is 10.4. The number of furan rings is 1. The second-order valence-electron chi connectivity index (χ2n) is 3.26. The molecule has 2 aromatic heterocycles. The highest BCUT2D eigenvalue weighted by Gasteiger charge is 2.13. The summed E-state index contributed by atoms with van der Waals surface area (Å²) in [5.41, 5.74) is 0.439. The highest BCUT2D eigenvalue weighted by atomic mass is 127. The van der Waals surface area contributed by atoms with Crippen molar-refractivity contribution in [3.63, 3.8) is 0 Å². The van der Waals surface area contributed by atoms with Crippen LogP contribution in [0.25, 0.3) is 0 Å². The molecule has 84 valence electrons. The van der Waals surface area contributed by atoms with Crippen LogP contribution in [0.4, 0.5) is 0 Å². The van der Waals surface area contributed by atoms with Crippen LogP contribution in [0.3, 0.4) is 0 Å². The van der Waals surface area contributed by atoms with Gasteiger partial charge in [0.25, 0.3) is 5.91 Å². The first-order valence-electron chi connectivity index (χ1n) is 4.66. The first-order valence-corrected chi connectivity index (χ1v) is 5.74. The third-order valence-electron chi connectivity index (χ3n) is 2.00. The molecular formula is C10H10IN3O2. The fourth-order valence-electron chi connectivity index (χ4n) is 1.28. The van der Waals surface area contributed by atoms with Crippen LogP contribution in [0.2, 0.25) is 0 Å². The summed E-state index contributed by atoms with van der Waals surface area (Å²) in [6.45, 7) is 0.373. The molecule has 2 aromatic rings. The zero-order valence-electron chi connectivity index (χ0n) is 8.61. The van der Waals surface area contributed by atoms with Gasteiger partial charge in [-0.3, -0.25) is 9.48 Å². The molecule has 2 heterocycles. The molecule has 0 aliphatic carbocycles. The van der Waals surface area contributed by atoms with Crippen molar-refractivity contribution in [1.82, 2.24) is 15.1 Å². The lowest BCUT2D eigenvalue weighted by Crippen LogP contribution is -2.23. The minimum atomic E-state index is -0.193. The van der Waals surface area contributed by atoms with Crippen molar-refractivity contribution in [2.24, 2.45) is 7.05 Å². The minimum Gasteiger partial charge on any atom is -0.467 e. The first-order chi connectivity index (χ1) is 7.66. The number of nitrogens with zero attached hydrogens (tertiary/aromatic N) is 2. The van der Waals surface area contributed by atoms with Gasteiger partial charge in [-0.1, -0.05) is 0 Å². The summed E-state index contributed by atoms with van der Waals surface area (Å²) in [5.74, 6) is 0.528. The maximum Gasteiger partial charge on any atom is 0.273 e. The zero-order chi connectivity index (χ0) is 11.5. The number of amides is 1. The monoisotopic (exact) mass is 331 g/mol. The van der Waals surface area contributed by atoms with Crippen molar-refractivity contribution >= 4 is 28.5 Å². The fourth-order valence-corrected chi connectivity index (χ4v) is 2.03. The lowest BCUT2D eigenvalue weighted by atomic mass is 10.4. The second kappa shape index (κ2) is 4.69. The zero-order valence-corrected chi connectivity index (χ0v) is 10.8. The van der Waals surface area contributed by atoms with E-state index in [0.717, 1.165) is 9.33 Å². The average Bonchev–Trinajstić information content (AvgIpc) is 2.84. The van der Waals surface area contributed by atoms with E-state index in [0.29, 0.717) is 12.2 Å². The van der Waals surface area contributed by atoms with Gasteiger partial charge < -0.3 is 9.73 Å².